The summed E-state index contributed by atoms with van der Waals surface area (Å²) in [5.41, 5.74) is 3.65. The Hall–Kier alpha value is -2.14. The number of nitrogens with one attached hydrogen (secondary N) is 1. The number of rotatable bonds is 4. The van der Waals surface area contributed by atoms with Gasteiger partial charge in [0.2, 0.25) is 0 Å². The summed E-state index contributed by atoms with van der Waals surface area (Å²) < 4.78 is 4.71. The summed E-state index contributed by atoms with van der Waals surface area (Å²) in [7, 11) is 0. The fourth-order valence-electron chi connectivity index (χ4n) is 2.77. The van der Waals surface area contributed by atoms with Crippen LogP contribution in [0.1, 0.15) is 35.5 Å². The SMILES string of the molecule is CC(C)CN1Cc2cccc(NC(=O)c3ccon3)c2C1. The minimum atomic E-state index is -0.237. The van der Waals surface area contributed by atoms with E-state index in [1.165, 1.54) is 17.4 Å². The number of hydrogen-bond donors (Lipinski definition) is 1. The number of fused-ring (bicyclic) bond motifs is 1. The Morgan fingerprint density at radius 1 is 1.38 bits per heavy atom. The molecule has 0 saturated carbocycles. The number of carbonyl (C=O) groups excluding carboxylic acids is 1. The smallest absolute Gasteiger partial charge is 0.277 e. The number of carbonyl (C=O) groups is 1. The highest BCUT2D eigenvalue weighted by atomic mass is 16.5. The van der Waals surface area contributed by atoms with Crippen LogP contribution in [-0.4, -0.2) is 22.5 Å². The first-order valence-corrected chi connectivity index (χ1v) is 7.18. The summed E-state index contributed by atoms with van der Waals surface area (Å²) in [6.07, 6.45) is 1.40. The average molecular weight is 285 g/mol. The molecule has 3 rings (SSSR count). The van der Waals surface area contributed by atoms with Crippen LogP contribution in [0.15, 0.2) is 35.1 Å². The number of hydrogen-bond acceptors (Lipinski definition) is 4. The van der Waals surface area contributed by atoms with Crippen molar-refractivity contribution in [3.05, 3.63) is 47.3 Å². The van der Waals surface area contributed by atoms with Crippen molar-refractivity contribution < 1.29 is 9.32 Å². The zero-order chi connectivity index (χ0) is 14.8. The van der Waals surface area contributed by atoms with E-state index in [-0.39, 0.29) is 5.91 Å². The lowest BCUT2D eigenvalue weighted by atomic mass is 10.1. The van der Waals surface area contributed by atoms with Gasteiger partial charge in [0.15, 0.2) is 5.69 Å². The molecule has 1 N–H and O–H groups in total. The molecule has 1 aromatic heterocycles. The Labute approximate surface area is 123 Å². The van der Waals surface area contributed by atoms with Crippen molar-refractivity contribution in [2.45, 2.75) is 26.9 Å². The van der Waals surface area contributed by atoms with Crippen LogP contribution in [0.3, 0.4) is 0 Å². The highest BCUT2D eigenvalue weighted by Gasteiger charge is 2.23. The molecule has 0 unspecified atom stereocenters. The molecular weight excluding hydrogens is 266 g/mol. The number of aromatic nitrogens is 1. The first-order valence-electron chi connectivity index (χ1n) is 7.18. The molecule has 2 aromatic rings. The van der Waals surface area contributed by atoms with Crippen molar-refractivity contribution in [1.82, 2.24) is 10.1 Å². The quantitative estimate of drug-likeness (QED) is 0.938. The molecule has 0 spiro atoms. The van der Waals surface area contributed by atoms with Gasteiger partial charge in [-0.05, 0) is 23.1 Å². The summed E-state index contributed by atoms with van der Waals surface area (Å²) in [4.78, 5) is 14.5. The largest absolute Gasteiger partial charge is 0.364 e. The zero-order valence-corrected chi connectivity index (χ0v) is 12.3. The van der Waals surface area contributed by atoms with E-state index in [1.54, 1.807) is 6.07 Å². The van der Waals surface area contributed by atoms with E-state index in [0.29, 0.717) is 11.6 Å². The molecule has 1 aliphatic heterocycles. The van der Waals surface area contributed by atoms with E-state index in [1.807, 2.05) is 12.1 Å². The third kappa shape index (κ3) is 2.97. The standard InChI is InChI=1S/C16H19N3O2/c1-11(2)8-19-9-12-4-3-5-14(13(12)10-19)17-16(20)15-6-7-21-18-15/h3-7,11H,8-10H2,1-2H3,(H,17,20). The third-order valence-corrected chi connectivity index (χ3v) is 3.59. The van der Waals surface area contributed by atoms with Gasteiger partial charge in [-0.2, -0.15) is 0 Å². The molecule has 2 heterocycles. The second-order valence-corrected chi connectivity index (χ2v) is 5.85. The predicted octanol–water partition coefficient (Wildman–Crippen LogP) is 2.90. The lowest BCUT2D eigenvalue weighted by Gasteiger charge is -2.17. The van der Waals surface area contributed by atoms with Gasteiger partial charge < -0.3 is 9.84 Å². The third-order valence-electron chi connectivity index (χ3n) is 3.59. The second kappa shape index (κ2) is 5.69. The van der Waals surface area contributed by atoms with Crippen LogP contribution < -0.4 is 5.32 Å². The molecule has 0 radical (unpaired) electrons. The highest BCUT2D eigenvalue weighted by Crippen LogP contribution is 2.30. The molecule has 0 aliphatic carbocycles. The van der Waals surface area contributed by atoms with Crippen LogP contribution in [-0.2, 0) is 13.1 Å². The Kier molecular flexibility index (Phi) is 3.75. The summed E-state index contributed by atoms with van der Waals surface area (Å²) in [5.74, 6) is 0.395. The van der Waals surface area contributed by atoms with Crippen molar-refractivity contribution in [3.8, 4) is 0 Å². The minimum absolute atomic E-state index is 0.237. The van der Waals surface area contributed by atoms with Gasteiger partial charge in [-0.3, -0.25) is 9.69 Å². The number of benzene rings is 1. The fraction of sp³-hybridized carbons (Fsp3) is 0.375. The molecule has 1 aromatic carbocycles. The van der Waals surface area contributed by atoms with Gasteiger partial charge in [0.05, 0.1) is 0 Å². The molecule has 0 saturated heterocycles. The van der Waals surface area contributed by atoms with Crippen molar-refractivity contribution in [2.24, 2.45) is 5.92 Å². The molecule has 1 amide bonds. The summed E-state index contributed by atoms with van der Waals surface area (Å²) >= 11 is 0. The topological polar surface area (TPSA) is 58.4 Å². The highest BCUT2D eigenvalue weighted by molar-refractivity contribution is 6.03. The van der Waals surface area contributed by atoms with Crippen LogP contribution in [0.25, 0.3) is 0 Å². The van der Waals surface area contributed by atoms with Crippen molar-refractivity contribution >= 4 is 11.6 Å². The van der Waals surface area contributed by atoms with E-state index in [9.17, 15) is 4.79 Å². The van der Waals surface area contributed by atoms with Crippen LogP contribution in [0.4, 0.5) is 5.69 Å². The first-order chi connectivity index (χ1) is 10.1. The Balaban J connectivity index is 1.77. The van der Waals surface area contributed by atoms with Crippen LogP contribution in [0.5, 0.6) is 0 Å². The number of amides is 1. The van der Waals surface area contributed by atoms with E-state index in [4.69, 9.17) is 4.52 Å². The van der Waals surface area contributed by atoms with E-state index in [0.717, 1.165) is 25.3 Å². The molecule has 110 valence electrons. The number of anilines is 1. The summed E-state index contributed by atoms with van der Waals surface area (Å²) in [6.45, 7) is 7.32. The summed E-state index contributed by atoms with van der Waals surface area (Å²) in [5, 5.41) is 6.59. The maximum absolute atomic E-state index is 12.1. The van der Waals surface area contributed by atoms with Gasteiger partial charge in [-0.15, -0.1) is 0 Å². The molecule has 0 bridgehead atoms. The number of nitrogens with zero attached hydrogens (tertiary/aromatic N) is 2. The molecule has 21 heavy (non-hydrogen) atoms. The van der Waals surface area contributed by atoms with Gasteiger partial charge in [0.25, 0.3) is 5.91 Å². The molecule has 5 heteroatoms. The lowest BCUT2D eigenvalue weighted by Crippen LogP contribution is -2.21. The Morgan fingerprint density at radius 2 is 2.24 bits per heavy atom. The van der Waals surface area contributed by atoms with Crippen LogP contribution in [0.2, 0.25) is 0 Å². The monoisotopic (exact) mass is 285 g/mol. The van der Waals surface area contributed by atoms with Crippen molar-refractivity contribution in [1.29, 1.82) is 0 Å². The van der Waals surface area contributed by atoms with Gasteiger partial charge in [-0.25, -0.2) is 0 Å². The minimum Gasteiger partial charge on any atom is -0.364 e. The molecular formula is C16H19N3O2. The first kappa shape index (κ1) is 13.8. The predicted molar refractivity (Wildman–Crippen MR) is 79.9 cm³/mol. The lowest BCUT2D eigenvalue weighted by molar-refractivity contribution is 0.101. The Bertz CT molecular complexity index is 635. The van der Waals surface area contributed by atoms with Gasteiger partial charge in [0.1, 0.15) is 6.26 Å². The van der Waals surface area contributed by atoms with Crippen LogP contribution in [0, 0.1) is 5.92 Å². The zero-order valence-electron chi connectivity index (χ0n) is 12.3. The van der Waals surface area contributed by atoms with Crippen molar-refractivity contribution in [3.63, 3.8) is 0 Å². The normalized spacial score (nSPS) is 14.4. The maximum Gasteiger partial charge on any atom is 0.277 e. The van der Waals surface area contributed by atoms with Gasteiger partial charge in [-0.1, -0.05) is 31.1 Å². The summed E-state index contributed by atoms with van der Waals surface area (Å²) in [6, 6.07) is 7.61. The molecule has 5 nitrogen and oxygen atoms in total. The molecule has 0 atom stereocenters. The van der Waals surface area contributed by atoms with E-state index in [2.05, 4.69) is 35.3 Å². The average Bonchev–Trinajstić information content (AvgIpc) is 3.06. The van der Waals surface area contributed by atoms with Crippen LogP contribution >= 0.6 is 0 Å². The molecule has 1 aliphatic rings. The fourth-order valence-corrected chi connectivity index (χ4v) is 2.77. The van der Waals surface area contributed by atoms with E-state index < -0.39 is 0 Å². The van der Waals surface area contributed by atoms with Crippen molar-refractivity contribution in [2.75, 3.05) is 11.9 Å². The van der Waals surface area contributed by atoms with E-state index >= 15 is 0 Å². The second-order valence-electron chi connectivity index (χ2n) is 5.85. The van der Waals surface area contributed by atoms with Gasteiger partial charge in [0, 0.05) is 31.4 Å². The maximum atomic E-state index is 12.1. The van der Waals surface area contributed by atoms with Gasteiger partial charge >= 0.3 is 0 Å². The Morgan fingerprint density at radius 3 is 2.95 bits per heavy atom. The molecule has 0 fully saturated rings.